The van der Waals surface area contributed by atoms with Crippen LogP contribution in [-0.4, -0.2) is 58.8 Å². The van der Waals surface area contributed by atoms with E-state index in [0.29, 0.717) is 18.1 Å². The number of nitrogens with zero attached hydrogens (tertiary/aromatic N) is 3. The third kappa shape index (κ3) is 7.55. The number of methoxy groups -OCH3 is 1. The lowest BCUT2D eigenvalue weighted by molar-refractivity contribution is -0.134. The van der Waals surface area contributed by atoms with E-state index in [1.807, 2.05) is 18.2 Å². The smallest absolute Gasteiger partial charge is 0.330 e. The number of nitrogens with one attached hydrogen (secondary N) is 1. The molecule has 2 rings (SSSR count). The van der Waals surface area contributed by atoms with Gasteiger partial charge < -0.3 is 15.2 Å². The summed E-state index contributed by atoms with van der Waals surface area (Å²) < 4.78 is 4.54. The third-order valence-electron chi connectivity index (χ3n) is 3.85. The molecule has 0 bridgehead atoms. The van der Waals surface area contributed by atoms with Gasteiger partial charge >= 0.3 is 5.97 Å². The molecule has 7 nitrogen and oxygen atoms in total. The Bertz CT molecular complexity index is 720. The van der Waals surface area contributed by atoms with Crippen molar-refractivity contribution in [2.75, 3.05) is 32.1 Å². The summed E-state index contributed by atoms with van der Waals surface area (Å²) in [5.41, 5.74) is 1.78. The van der Waals surface area contributed by atoms with Crippen LogP contribution in [0.1, 0.15) is 18.2 Å². The molecule has 0 aliphatic heterocycles. The number of esters is 1. The van der Waals surface area contributed by atoms with Gasteiger partial charge in [0.25, 0.3) is 0 Å². The second kappa shape index (κ2) is 11.1. The zero-order valence-corrected chi connectivity index (χ0v) is 15.7. The van der Waals surface area contributed by atoms with Gasteiger partial charge in [-0.05, 0) is 18.6 Å². The fourth-order valence-corrected chi connectivity index (χ4v) is 2.62. The van der Waals surface area contributed by atoms with Gasteiger partial charge in [-0.25, -0.2) is 9.78 Å². The number of ether oxygens (including phenoxy) is 1. The number of rotatable bonds is 10. The molecule has 0 amide bonds. The van der Waals surface area contributed by atoms with Crippen molar-refractivity contribution in [3.63, 3.8) is 0 Å². The number of hydrogen-bond donors (Lipinski definition) is 2. The van der Waals surface area contributed by atoms with Crippen LogP contribution in [0.4, 0.5) is 5.82 Å². The molecule has 27 heavy (non-hydrogen) atoms. The molecule has 0 radical (unpaired) electrons. The van der Waals surface area contributed by atoms with Crippen molar-refractivity contribution in [2.24, 2.45) is 0 Å². The van der Waals surface area contributed by atoms with E-state index >= 15 is 0 Å². The highest BCUT2D eigenvalue weighted by Crippen LogP contribution is 2.08. The fraction of sp³-hybridized carbons (Fsp3) is 0.350. The lowest BCUT2D eigenvalue weighted by atomic mass is 10.2. The van der Waals surface area contributed by atoms with Crippen molar-refractivity contribution in [2.45, 2.75) is 19.5 Å². The quantitative estimate of drug-likeness (QED) is 0.488. The van der Waals surface area contributed by atoms with Crippen molar-refractivity contribution in [1.82, 2.24) is 14.9 Å². The molecule has 7 heteroatoms. The maximum Gasteiger partial charge on any atom is 0.330 e. The molecule has 1 aromatic heterocycles. The average Bonchev–Trinajstić information content (AvgIpc) is 2.68. The van der Waals surface area contributed by atoms with Crippen LogP contribution in [0.2, 0.25) is 0 Å². The van der Waals surface area contributed by atoms with Crippen LogP contribution in [0.15, 0.2) is 48.8 Å². The molecule has 1 heterocycles. The third-order valence-corrected chi connectivity index (χ3v) is 3.85. The highest BCUT2D eigenvalue weighted by Gasteiger charge is 2.11. The molecule has 0 saturated carbocycles. The lowest BCUT2D eigenvalue weighted by Gasteiger charge is -2.25. The zero-order valence-electron chi connectivity index (χ0n) is 15.7. The minimum absolute atomic E-state index is 0.112. The van der Waals surface area contributed by atoms with Crippen LogP contribution in [-0.2, 0) is 16.1 Å². The highest BCUT2D eigenvalue weighted by atomic mass is 16.5. The molecular weight excluding hydrogens is 344 g/mol. The Morgan fingerprint density at radius 3 is 2.70 bits per heavy atom. The summed E-state index contributed by atoms with van der Waals surface area (Å²) in [6, 6.07) is 10.3. The maximum absolute atomic E-state index is 11.1. The van der Waals surface area contributed by atoms with Crippen LogP contribution < -0.4 is 5.32 Å². The molecule has 2 N–H and O–H groups in total. The second-order valence-electron chi connectivity index (χ2n) is 6.17. The van der Waals surface area contributed by atoms with E-state index < -0.39 is 5.97 Å². The Kier molecular flexibility index (Phi) is 8.41. The van der Waals surface area contributed by atoms with Gasteiger partial charge in [0.05, 0.1) is 31.8 Å². The summed E-state index contributed by atoms with van der Waals surface area (Å²) in [5, 5.41) is 12.6. The van der Waals surface area contributed by atoms with Gasteiger partial charge in [0.15, 0.2) is 0 Å². The van der Waals surface area contributed by atoms with E-state index in [2.05, 4.69) is 44.0 Å². The number of aromatic nitrogens is 2. The summed E-state index contributed by atoms with van der Waals surface area (Å²) in [5.74, 6) is 0.219. The van der Waals surface area contributed by atoms with E-state index in [1.54, 1.807) is 18.5 Å². The van der Waals surface area contributed by atoms with Gasteiger partial charge in [-0.1, -0.05) is 30.3 Å². The zero-order chi connectivity index (χ0) is 19.5. The van der Waals surface area contributed by atoms with Crippen LogP contribution in [0, 0.1) is 0 Å². The van der Waals surface area contributed by atoms with Gasteiger partial charge in [-0.3, -0.25) is 9.88 Å². The average molecular weight is 370 g/mol. The molecule has 0 spiro atoms. The van der Waals surface area contributed by atoms with Crippen molar-refractivity contribution in [3.05, 3.63) is 60.1 Å². The number of aliphatic hydroxyl groups is 1. The van der Waals surface area contributed by atoms with Crippen LogP contribution in [0.3, 0.4) is 0 Å². The van der Waals surface area contributed by atoms with Gasteiger partial charge in [0.2, 0.25) is 0 Å². The van der Waals surface area contributed by atoms with Gasteiger partial charge in [0, 0.05) is 31.8 Å². The Morgan fingerprint density at radius 1 is 1.30 bits per heavy atom. The Labute approximate surface area is 159 Å². The summed E-state index contributed by atoms with van der Waals surface area (Å²) in [7, 11) is 1.32. The lowest BCUT2D eigenvalue weighted by Crippen LogP contribution is -2.36. The normalized spacial score (nSPS) is 12.3. The standard InChI is InChI=1S/C20H26N4O3/c1-16(14-24(10-11-25)15-17-6-4-3-5-7-17)23-19-13-21-18(12-22-19)8-9-20(26)27-2/h3-9,12-13,16,25H,10-11,14-15H2,1-2H3,(H,22,23)/t16-/m1/s1. The molecule has 1 aromatic carbocycles. The molecule has 0 aliphatic carbocycles. The molecule has 144 valence electrons. The van der Waals surface area contributed by atoms with Crippen LogP contribution >= 0.6 is 0 Å². The molecule has 1 atom stereocenters. The van der Waals surface area contributed by atoms with Crippen molar-refractivity contribution < 1.29 is 14.6 Å². The van der Waals surface area contributed by atoms with Gasteiger partial charge in [-0.2, -0.15) is 0 Å². The molecular formula is C20H26N4O3. The number of hydrogen-bond acceptors (Lipinski definition) is 7. The number of carbonyl (C=O) groups excluding carboxylic acids is 1. The molecule has 0 unspecified atom stereocenters. The summed E-state index contributed by atoms with van der Waals surface area (Å²) in [4.78, 5) is 21.8. The number of benzene rings is 1. The minimum Gasteiger partial charge on any atom is -0.466 e. The Balaban J connectivity index is 1.89. The molecule has 0 fully saturated rings. The fourth-order valence-electron chi connectivity index (χ4n) is 2.62. The number of aliphatic hydroxyl groups excluding tert-OH is 1. The Morgan fingerprint density at radius 2 is 2.07 bits per heavy atom. The molecule has 0 aliphatic rings. The first kappa shape index (κ1) is 20.5. The van der Waals surface area contributed by atoms with E-state index in [9.17, 15) is 9.90 Å². The summed E-state index contributed by atoms with van der Waals surface area (Å²) in [6.45, 7) is 4.30. The first-order valence-electron chi connectivity index (χ1n) is 8.82. The summed E-state index contributed by atoms with van der Waals surface area (Å²) in [6.07, 6.45) is 6.07. The number of anilines is 1. The van der Waals surface area contributed by atoms with Crippen LogP contribution in [0.25, 0.3) is 6.08 Å². The summed E-state index contributed by atoms with van der Waals surface area (Å²) >= 11 is 0. The van der Waals surface area contributed by atoms with Gasteiger partial charge in [-0.15, -0.1) is 0 Å². The van der Waals surface area contributed by atoms with Crippen molar-refractivity contribution in [1.29, 1.82) is 0 Å². The first-order valence-corrected chi connectivity index (χ1v) is 8.82. The van der Waals surface area contributed by atoms with E-state index in [1.165, 1.54) is 18.7 Å². The monoisotopic (exact) mass is 370 g/mol. The maximum atomic E-state index is 11.1. The minimum atomic E-state index is -0.435. The predicted molar refractivity (Wildman–Crippen MR) is 105 cm³/mol. The highest BCUT2D eigenvalue weighted by molar-refractivity contribution is 5.86. The molecule has 2 aromatic rings. The largest absolute Gasteiger partial charge is 0.466 e. The predicted octanol–water partition coefficient (Wildman–Crippen LogP) is 1.96. The van der Waals surface area contributed by atoms with E-state index in [4.69, 9.17) is 0 Å². The van der Waals surface area contributed by atoms with Crippen molar-refractivity contribution >= 4 is 17.9 Å². The number of carbonyl (C=O) groups is 1. The van der Waals surface area contributed by atoms with Crippen LogP contribution in [0.5, 0.6) is 0 Å². The van der Waals surface area contributed by atoms with Crippen molar-refractivity contribution in [3.8, 4) is 0 Å². The second-order valence-corrected chi connectivity index (χ2v) is 6.17. The first-order chi connectivity index (χ1) is 13.1. The van der Waals surface area contributed by atoms with E-state index in [0.717, 1.165) is 13.1 Å². The van der Waals surface area contributed by atoms with E-state index in [-0.39, 0.29) is 12.6 Å². The molecule has 0 saturated heterocycles. The Hall–Kier alpha value is -2.77. The topological polar surface area (TPSA) is 87.6 Å². The SMILES string of the molecule is COC(=O)C=Cc1cnc(N[C@H](C)CN(CCO)Cc2ccccc2)cn1. The van der Waals surface area contributed by atoms with Gasteiger partial charge in [0.1, 0.15) is 5.82 Å².